The van der Waals surface area contributed by atoms with E-state index in [-0.39, 0.29) is 42.1 Å². The average Bonchev–Trinajstić information content (AvgIpc) is 2.98. The van der Waals surface area contributed by atoms with E-state index in [1.165, 1.54) is 18.3 Å². The Bertz CT molecular complexity index is 1690. The van der Waals surface area contributed by atoms with E-state index in [4.69, 9.17) is 21.1 Å². The lowest BCUT2D eigenvalue weighted by molar-refractivity contribution is -0.140. The molecule has 0 saturated carbocycles. The molecule has 0 fully saturated rings. The van der Waals surface area contributed by atoms with Gasteiger partial charge in [-0.1, -0.05) is 30.3 Å². The number of carboxylic acid groups (broad SMARTS) is 3. The fraction of sp³-hybridized carbons (Fsp3) is 0.143. The minimum absolute atomic E-state index is 0.0524. The molecule has 2 aromatic heterocycles. The minimum atomic E-state index is -1.31. The zero-order valence-electron chi connectivity index (χ0n) is 22.4. The first kappa shape index (κ1) is 31.4. The smallest absolute Gasteiger partial charge is 0.328 e. The van der Waals surface area contributed by atoms with Crippen LogP contribution in [0.25, 0.3) is 17.2 Å². The van der Waals surface area contributed by atoms with Gasteiger partial charge in [-0.15, -0.1) is 0 Å². The number of aliphatic carboxylic acids is 3. The molecule has 2 heterocycles. The van der Waals surface area contributed by atoms with Gasteiger partial charge in [-0.25, -0.2) is 19.6 Å². The van der Waals surface area contributed by atoms with Gasteiger partial charge in [0.05, 0.1) is 18.4 Å². The molecule has 222 valence electrons. The number of nitrogens with one attached hydrogen (secondary N) is 3. The summed E-state index contributed by atoms with van der Waals surface area (Å²) in [5, 5.41) is 31.5. The third-order valence-electron chi connectivity index (χ3n) is 5.58. The minimum Gasteiger partial charge on any atom is -0.481 e. The number of aromatic amines is 1. The molecule has 4 rings (SSSR count). The van der Waals surface area contributed by atoms with E-state index in [2.05, 4.69) is 30.6 Å². The monoisotopic (exact) mass is 589 g/mol. The summed E-state index contributed by atoms with van der Waals surface area (Å²) in [5.41, 5.74) is 7.37. The van der Waals surface area contributed by atoms with Gasteiger partial charge < -0.3 is 31.7 Å². The Morgan fingerprint density at radius 3 is 2.30 bits per heavy atom. The number of aromatic nitrogens is 4. The van der Waals surface area contributed by atoms with Crippen molar-refractivity contribution in [2.75, 3.05) is 11.1 Å². The van der Waals surface area contributed by atoms with Crippen molar-refractivity contribution in [1.29, 1.82) is 0 Å². The number of carbonyl (C=O) groups excluding carboxylic acids is 1. The van der Waals surface area contributed by atoms with Gasteiger partial charge in [0.25, 0.3) is 11.5 Å². The summed E-state index contributed by atoms with van der Waals surface area (Å²) in [6.07, 6.45) is 3.52. The molecule has 4 aromatic rings. The topological polar surface area (TPSA) is 251 Å². The quantitative estimate of drug-likeness (QED) is 0.123. The number of nitrogen functional groups attached to an aromatic ring is 1. The summed E-state index contributed by atoms with van der Waals surface area (Å²) >= 11 is 0. The molecule has 1 unspecified atom stereocenters. The Balaban J connectivity index is 0.000000386. The second-order valence-corrected chi connectivity index (χ2v) is 8.79. The first-order valence-electron chi connectivity index (χ1n) is 12.6. The highest BCUT2D eigenvalue weighted by Gasteiger charge is 2.21. The maximum Gasteiger partial charge on any atom is 0.328 e. The summed E-state index contributed by atoms with van der Waals surface area (Å²) in [5.74, 6) is -4.08. The third-order valence-corrected chi connectivity index (χ3v) is 5.58. The van der Waals surface area contributed by atoms with Crippen LogP contribution in [0.15, 0.2) is 71.7 Å². The molecule has 1 atom stereocenters. The van der Waals surface area contributed by atoms with Gasteiger partial charge in [0.2, 0.25) is 5.95 Å². The second kappa shape index (κ2) is 15.0. The normalized spacial score (nSPS) is 11.3. The lowest BCUT2D eigenvalue weighted by atomic mass is 10.1. The van der Waals surface area contributed by atoms with Crippen molar-refractivity contribution in [3.05, 3.63) is 94.0 Å². The number of amides is 1. The Labute approximate surface area is 243 Å². The Hall–Kier alpha value is -6.12. The Kier molecular flexibility index (Phi) is 11.0. The van der Waals surface area contributed by atoms with Crippen molar-refractivity contribution in [3.63, 3.8) is 0 Å². The molecule has 0 aliphatic rings. The highest BCUT2D eigenvalue weighted by Crippen LogP contribution is 2.12. The van der Waals surface area contributed by atoms with Gasteiger partial charge in [0.1, 0.15) is 6.04 Å². The molecule has 1 amide bonds. The molecule has 0 spiro atoms. The van der Waals surface area contributed by atoms with Crippen LogP contribution < -0.4 is 21.9 Å². The molecule has 0 aliphatic heterocycles. The highest BCUT2D eigenvalue weighted by atomic mass is 16.4. The number of hydrogen-bond donors (Lipinski definition) is 7. The lowest BCUT2D eigenvalue weighted by Crippen LogP contribution is -2.41. The molecule has 2 aromatic carbocycles. The van der Waals surface area contributed by atoms with Crippen LogP contribution >= 0.6 is 0 Å². The van der Waals surface area contributed by atoms with Gasteiger partial charge >= 0.3 is 17.9 Å². The van der Waals surface area contributed by atoms with Crippen LogP contribution in [0, 0.1) is 0 Å². The number of rotatable bonds is 11. The predicted molar refractivity (Wildman–Crippen MR) is 155 cm³/mol. The lowest BCUT2D eigenvalue weighted by Gasteiger charge is -2.14. The number of anilines is 2. The van der Waals surface area contributed by atoms with Gasteiger partial charge in [0, 0.05) is 23.7 Å². The number of benzene rings is 2. The largest absolute Gasteiger partial charge is 0.481 e. The summed E-state index contributed by atoms with van der Waals surface area (Å²) in [6.45, 7) is 0.231. The zero-order valence-corrected chi connectivity index (χ0v) is 22.4. The molecular formula is C28H27N7O8. The number of nitrogens with zero attached hydrogens (tertiary/aromatic N) is 3. The SMILES string of the molecule is Nc1nc2ncc(CNc3ccc(C(=O)NC(CCC(=O)O)C(=O)O)cc3)nc2c(=O)[nH]1.O=C(O)C=Cc1ccccc1. The van der Waals surface area contributed by atoms with E-state index in [0.717, 1.165) is 11.6 Å². The molecule has 0 bridgehead atoms. The molecule has 15 nitrogen and oxygen atoms in total. The van der Waals surface area contributed by atoms with Gasteiger partial charge in [-0.2, -0.15) is 4.98 Å². The average molecular weight is 590 g/mol. The first-order chi connectivity index (χ1) is 20.5. The van der Waals surface area contributed by atoms with Crippen molar-refractivity contribution < 1.29 is 34.5 Å². The number of hydrogen-bond acceptors (Lipinski definition) is 10. The van der Waals surface area contributed by atoms with Crippen LogP contribution in [0.3, 0.4) is 0 Å². The van der Waals surface area contributed by atoms with Crippen LogP contribution in [-0.2, 0) is 20.9 Å². The summed E-state index contributed by atoms with van der Waals surface area (Å²) < 4.78 is 0. The van der Waals surface area contributed by atoms with E-state index in [1.54, 1.807) is 18.2 Å². The predicted octanol–water partition coefficient (Wildman–Crippen LogP) is 1.74. The number of nitrogens with two attached hydrogens (primary N) is 1. The zero-order chi connectivity index (χ0) is 31.4. The molecule has 8 N–H and O–H groups in total. The van der Waals surface area contributed by atoms with E-state index < -0.39 is 35.4 Å². The number of fused-ring (bicyclic) bond motifs is 1. The van der Waals surface area contributed by atoms with Crippen LogP contribution in [0.2, 0.25) is 0 Å². The Morgan fingerprint density at radius 2 is 1.67 bits per heavy atom. The molecule has 0 saturated heterocycles. The second-order valence-electron chi connectivity index (χ2n) is 8.79. The number of H-pyrrole nitrogens is 1. The van der Waals surface area contributed by atoms with E-state index >= 15 is 0 Å². The maximum atomic E-state index is 12.3. The van der Waals surface area contributed by atoms with Crippen LogP contribution in [0.4, 0.5) is 11.6 Å². The molecule has 43 heavy (non-hydrogen) atoms. The van der Waals surface area contributed by atoms with Gasteiger partial charge in [0.15, 0.2) is 11.2 Å². The molecule has 15 heteroatoms. The van der Waals surface area contributed by atoms with Crippen molar-refractivity contribution in [2.24, 2.45) is 0 Å². The van der Waals surface area contributed by atoms with Crippen molar-refractivity contribution >= 4 is 52.7 Å². The van der Waals surface area contributed by atoms with Gasteiger partial charge in [-0.3, -0.25) is 19.4 Å². The Morgan fingerprint density at radius 1 is 0.977 bits per heavy atom. The van der Waals surface area contributed by atoms with Gasteiger partial charge in [-0.05, 0) is 42.3 Å². The third kappa shape index (κ3) is 10.1. The van der Waals surface area contributed by atoms with Crippen LogP contribution in [-0.4, -0.2) is 65.1 Å². The van der Waals surface area contributed by atoms with Crippen molar-refractivity contribution in [1.82, 2.24) is 25.3 Å². The molecule has 0 radical (unpaired) electrons. The summed E-state index contributed by atoms with van der Waals surface area (Å²) in [4.78, 5) is 70.6. The van der Waals surface area contributed by atoms with Crippen molar-refractivity contribution in [3.8, 4) is 0 Å². The number of carbonyl (C=O) groups is 4. The first-order valence-corrected chi connectivity index (χ1v) is 12.6. The van der Waals surface area contributed by atoms with Crippen molar-refractivity contribution in [2.45, 2.75) is 25.4 Å². The van der Waals surface area contributed by atoms with Crippen LogP contribution in [0.5, 0.6) is 0 Å². The molecular weight excluding hydrogens is 562 g/mol. The highest BCUT2D eigenvalue weighted by molar-refractivity contribution is 5.97. The fourth-order valence-electron chi connectivity index (χ4n) is 3.49. The summed E-state index contributed by atoms with van der Waals surface area (Å²) in [7, 11) is 0. The fourth-order valence-corrected chi connectivity index (χ4v) is 3.49. The van der Waals surface area contributed by atoms with E-state index in [9.17, 15) is 24.0 Å². The molecule has 0 aliphatic carbocycles. The maximum absolute atomic E-state index is 12.3. The number of carboxylic acids is 3. The van der Waals surface area contributed by atoms with E-state index in [0.29, 0.717) is 11.4 Å². The standard InChI is InChI=1S/C19H19N7O6.C9H8O2/c20-19-25-15-14(17(30)26-19)23-11(8-22-15)7-21-10-3-1-9(2-4-10)16(29)24-12(18(31)32)5-6-13(27)28;10-9(11)7-6-8-4-2-1-3-5-8/h1-4,8,12,21H,5-7H2,(H,24,29)(H,27,28)(H,31,32)(H3,20,22,25,26,30);1-7H,(H,10,11). The van der Waals surface area contributed by atoms with Crippen LogP contribution in [0.1, 0.15) is 34.5 Å². The van der Waals surface area contributed by atoms with E-state index in [1.807, 2.05) is 30.3 Å². The summed E-state index contributed by atoms with van der Waals surface area (Å²) in [6, 6.07) is 14.2.